The zero-order valence-corrected chi connectivity index (χ0v) is 18.8. The lowest BCUT2D eigenvalue weighted by atomic mass is 10.1. The molecule has 0 bridgehead atoms. The molecule has 0 aliphatic carbocycles. The Balaban J connectivity index is 1.70. The van der Waals surface area contributed by atoms with E-state index in [1.807, 2.05) is 0 Å². The highest BCUT2D eigenvalue weighted by Crippen LogP contribution is 2.27. The van der Waals surface area contributed by atoms with Crippen LogP contribution in [-0.4, -0.2) is 39.5 Å². The first-order valence-corrected chi connectivity index (χ1v) is 10.2. The van der Waals surface area contributed by atoms with Crippen molar-refractivity contribution in [2.45, 2.75) is 32.5 Å². The Morgan fingerprint density at radius 2 is 1.70 bits per heavy atom. The number of nitrogens with one attached hydrogen (secondary N) is 2. The molecule has 2 aromatic carbocycles. The van der Waals surface area contributed by atoms with Crippen LogP contribution in [0, 0.1) is 0 Å². The molecule has 0 aliphatic rings. The van der Waals surface area contributed by atoms with E-state index in [-0.39, 0.29) is 5.82 Å². The lowest BCUT2D eigenvalue weighted by Gasteiger charge is -2.19. The van der Waals surface area contributed by atoms with Gasteiger partial charge >= 0.3 is 12.2 Å². The fourth-order valence-corrected chi connectivity index (χ4v) is 2.94. The van der Waals surface area contributed by atoms with Crippen molar-refractivity contribution >= 4 is 23.7 Å². The number of halogens is 1. The van der Waals surface area contributed by atoms with Crippen molar-refractivity contribution in [1.29, 1.82) is 0 Å². The van der Waals surface area contributed by atoms with E-state index in [1.165, 1.54) is 4.68 Å². The van der Waals surface area contributed by atoms with Crippen LogP contribution in [0.2, 0.25) is 0 Å². The van der Waals surface area contributed by atoms with E-state index < -0.39 is 30.6 Å². The molecule has 0 saturated heterocycles. The van der Waals surface area contributed by atoms with Gasteiger partial charge in [-0.2, -0.15) is 0 Å². The number of ether oxygens (including phenoxy) is 2. The van der Waals surface area contributed by atoms with Crippen molar-refractivity contribution in [3.8, 4) is 11.3 Å². The summed E-state index contributed by atoms with van der Waals surface area (Å²) in [6.45, 7) is 4.47. The van der Waals surface area contributed by atoms with Crippen LogP contribution in [0.25, 0.3) is 11.3 Å². The Kier molecular flexibility index (Phi) is 7.27. The van der Waals surface area contributed by atoms with Crippen LogP contribution in [0.4, 0.5) is 25.5 Å². The van der Waals surface area contributed by atoms with Crippen LogP contribution >= 0.6 is 0 Å². The van der Waals surface area contributed by atoms with Crippen LogP contribution in [0.1, 0.15) is 32.4 Å². The Hall–Kier alpha value is -3.95. The van der Waals surface area contributed by atoms with Gasteiger partial charge in [0, 0.05) is 18.3 Å². The van der Waals surface area contributed by atoms with Crippen molar-refractivity contribution in [2.24, 2.45) is 7.05 Å². The quantitative estimate of drug-likeness (QED) is 0.536. The van der Waals surface area contributed by atoms with Crippen LogP contribution < -0.4 is 10.6 Å². The number of carbonyl (C=O) groups excluding carboxylic acids is 2. The molecule has 33 heavy (non-hydrogen) atoms. The summed E-state index contributed by atoms with van der Waals surface area (Å²) in [5.41, 5.74) is 1.49. The maximum Gasteiger partial charge on any atom is 0.413 e. The maximum atomic E-state index is 13.5. The predicted octanol–water partition coefficient (Wildman–Crippen LogP) is 5.09. The van der Waals surface area contributed by atoms with Gasteiger partial charge in [-0.25, -0.2) is 18.7 Å². The molecule has 174 valence electrons. The van der Waals surface area contributed by atoms with E-state index in [9.17, 15) is 14.0 Å². The van der Waals surface area contributed by atoms with Gasteiger partial charge < -0.3 is 9.47 Å². The summed E-state index contributed by atoms with van der Waals surface area (Å²) in [4.78, 5) is 24.4. The average molecular weight is 455 g/mol. The van der Waals surface area contributed by atoms with Crippen LogP contribution in [0.5, 0.6) is 0 Å². The Morgan fingerprint density at radius 3 is 2.30 bits per heavy atom. The molecule has 0 spiro atoms. The first-order chi connectivity index (χ1) is 15.7. The highest BCUT2D eigenvalue weighted by Gasteiger charge is 2.21. The zero-order valence-electron chi connectivity index (χ0n) is 18.8. The van der Waals surface area contributed by atoms with Gasteiger partial charge in [0.05, 0.1) is 0 Å². The number of alkyl halides is 1. The van der Waals surface area contributed by atoms with E-state index in [0.29, 0.717) is 22.5 Å². The van der Waals surface area contributed by atoms with Crippen LogP contribution in [0.15, 0.2) is 54.6 Å². The summed E-state index contributed by atoms with van der Waals surface area (Å²) in [6.07, 6.45) is -2.44. The highest BCUT2D eigenvalue weighted by molar-refractivity contribution is 5.89. The lowest BCUT2D eigenvalue weighted by Crippen LogP contribution is -2.27. The van der Waals surface area contributed by atoms with Gasteiger partial charge in [0.25, 0.3) is 0 Å². The third-order valence-corrected chi connectivity index (χ3v) is 4.41. The van der Waals surface area contributed by atoms with Gasteiger partial charge in [0.2, 0.25) is 0 Å². The molecular weight excluding hydrogens is 429 g/mol. The summed E-state index contributed by atoms with van der Waals surface area (Å²) in [5, 5.41) is 13.3. The molecule has 9 nitrogen and oxygen atoms in total. The minimum absolute atomic E-state index is 0.276. The first kappa shape index (κ1) is 23.7. The normalized spacial score (nSPS) is 12.0. The van der Waals surface area contributed by atoms with Crippen molar-refractivity contribution in [2.75, 3.05) is 17.3 Å². The molecule has 3 aromatic rings. The van der Waals surface area contributed by atoms with Gasteiger partial charge in [0.1, 0.15) is 18.0 Å². The molecule has 0 unspecified atom stereocenters. The summed E-state index contributed by atoms with van der Waals surface area (Å²) in [7, 11) is 1.61. The summed E-state index contributed by atoms with van der Waals surface area (Å²) in [5.74, 6) is 0.276. The number of amides is 2. The minimum atomic E-state index is -1.03. The van der Waals surface area contributed by atoms with E-state index in [4.69, 9.17) is 9.47 Å². The molecule has 2 N–H and O–H groups in total. The molecule has 0 saturated carbocycles. The third kappa shape index (κ3) is 6.52. The minimum Gasteiger partial charge on any atom is -0.444 e. The van der Waals surface area contributed by atoms with E-state index in [1.54, 1.807) is 82.4 Å². The fourth-order valence-electron chi connectivity index (χ4n) is 2.94. The molecule has 1 heterocycles. The Morgan fingerprint density at radius 1 is 1.03 bits per heavy atom. The molecule has 2 amide bonds. The van der Waals surface area contributed by atoms with Crippen LogP contribution in [-0.2, 0) is 16.5 Å². The van der Waals surface area contributed by atoms with Crippen molar-refractivity contribution in [3.63, 3.8) is 0 Å². The van der Waals surface area contributed by atoms with Crippen LogP contribution in [0.3, 0.4) is 0 Å². The number of benzene rings is 2. The predicted molar refractivity (Wildman–Crippen MR) is 122 cm³/mol. The second-order valence-corrected chi connectivity index (χ2v) is 8.20. The molecule has 0 aliphatic heterocycles. The second-order valence-electron chi connectivity index (χ2n) is 8.20. The average Bonchev–Trinajstić information content (AvgIpc) is 3.12. The maximum absolute atomic E-state index is 13.5. The number of hydrogen-bond donors (Lipinski definition) is 2. The topological polar surface area (TPSA) is 107 Å². The molecular formula is C23H26FN5O4. The second kappa shape index (κ2) is 10.1. The summed E-state index contributed by atoms with van der Waals surface area (Å²) >= 11 is 0. The number of hydrogen-bond acceptors (Lipinski definition) is 6. The molecule has 10 heteroatoms. The van der Waals surface area contributed by atoms with Gasteiger partial charge in [-0.15, -0.1) is 5.10 Å². The van der Waals surface area contributed by atoms with Gasteiger partial charge in [-0.1, -0.05) is 47.7 Å². The number of nitrogens with zero attached hydrogens (tertiary/aromatic N) is 3. The largest absolute Gasteiger partial charge is 0.444 e. The summed E-state index contributed by atoms with van der Waals surface area (Å²) in [6, 6.07) is 15.4. The molecule has 0 radical (unpaired) electrons. The fraction of sp³-hybridized carbons (Fsp3) is 0.304. The van der Waals surface area contributed by atoms with Crippen molar-refractivity contribution < 1.29 is 23.5 Å². The number of aromatic nitrogens is 3. The first-order valence-electron chi connectivity index (χ1n) is 10.2. The smallest absolute Gasteiger partial charge is 0.413 e. The van der Waals surface area contributed by atoms with Gasteiger partial charge in [-0.05, 0) is 38.5 Å². The van der Waals surface area contributed by atoms with Crippen molar-refractivity contribution in [1.82, 2.24) is 15.0 Å². The number of aryl methyl sites for hydroxylation is 1. The van der Waals surface area contributed by atoms with Crippen molar-refractivity contribution in [3.05, 3.63) is 60.2 Å². The van der Waals surface area contributed by atoms with Gasteiger partial charge in [0.15, 0.2) is 11.9 Å². The molecule has 3 rings (SSSR count). The van der Waals surface area contributed by atoms with E-state index in [0.717, 1.165) is 0 Å². The lowest BCUT2D eigenvalue weighted by molar-refractivity contribution is 0.0635. The number of carbonyl (C=O) groups is 2. The highest BCUT2D eigenvalue weighted by atomic mass is 19.1. The molecule has 1 aromatic heterocycles. The van der Waals surface area contributed by atoms with E-state index >= 15 is 0 Å². The third-order valence-electron chi connectivity index (χ3n) is 4.41. The molecule has 1 atom stereocenters. The van der Waals surface area contributed by atoms with E-state index in [2.05, 4.69) is 20.9 Å². The summed E-state index contributed by atoms with van der Waals surface area (Å²) < 4.78 is 25.3. The van der Waals surface area contributed by atoms with Gasteiger partial charge in [-0.3, -0.25) is 10.6 Å². The standard InChI is InChI=1S/C23H26FN5O4/c1-23(2,3)33-22(31)25-17-12-10-16(11-13-17)19-20(29(4)28-27-19)26-21(30)32-18(14-24)15-8-6-5-7-9-15/h5-13,18H,14H2,1-4H3,(H,25,31)(H,26,30)/t18-/m1/s1. The Labute approximate surface area is 190 Å². The number of rotatable bonds is 6. The SMILES string of the molecule is Cn1nnc(-c2ccc(NC(=O)OC(C)(C)C)cc2)c1NC(=O)O[C@H](CF)c1ccccc1. The monoisotopic (exact) mass is 455 g/mol. The number of anilines is 2. The Bertz CT molecular complexity index is 1090. The zero-order chi connectivity index (χ0) is 24.0. The molecule has 0 fully saturated rings.